The van der Waals surface area contributed by atoms with Crippen LogP contribution in [0.1, 0.15) is 37.1 Å². The van der Waals surface area contributed by atoms with E-state index >= 15 is 0 Å². The number of nitrogens with one attached hydrogen (secondary N) is 2. The summed E-state index contributed by atoms with van der Waals surface area (Å²) in [5.74, 6) is 0.210. The Kier molecular flexibility index (Phi) is 5.45. The van der Waals surface area contributed by atoms with Crippen LogP contribution in [0.15, 0.2) is 9.42 Å². The van der Waals surface area contributed by atoms with Crippen molar-refractivity contribution in [3.63, 3.8) is 0 Å². The van der Waals surface area contributed by atoms with Crippen molar-refractivity contribution in [3.05, 3.63) is 11.5 Å². The third kappa shape index (κ3) is 3.88. The van der Waals surface area contributed by atoms with Gasteiger partial charge in [0.1, 0.15) is 10.6 Å². The van der Waals surface area contributed by atoms with Gasteiger partial charge in [-0.05, 0) is 46.1 Å². The summed E-state index contributed by atoms with van der Waals surface area (Å²) in [5.41, 5.74) is 0.376. The highest BCUT2D eigenvalue weighted by molar-refractivity contribution is 7.89. The van der Waals surface area contributed by atoms with Crippen molar-refractivity contribution in [2.75, 3.05) is 26.2 Å². The molecule has 3 rings (SSSR count). The number of nitrogens with zero attached hydrogens (tertiary/aromatic N) is 2. The van der Waals surface area contributed by atoms with Crippen molar-refractivity contribution in [1.29, 1.82) is 0 Å². The highest BCUT2D eigenvalue weighted by Crippen LogP contribution is 2.27. The van der Waals surface area contributed by atoms with E-state index in [4.69, 9.17) is 4.52 Å². The summed E-state index contributed by atoms with van der Waals surface area (Å²) in [6.45, 7) is 5.57. The Morgan fingerprint density at radius 1 is 1.32 bits per heavy atom. The van der Waals surface area contributed by atoms with Crippen LogP contribution < -0.4 is 10.6 Å². The minimum absolute atomic E-state index is 0.0306. The SMILES string of the molecule is Cc1noc(C)c1S(=O)(=O)N1CCC(C(=O)NCC2CCCN2)CC1. The monoisotopic (exact) mass is 370 g/mol. The van der Waals surface area contributed by atoms with Crippen LogP contribution in [0.5, 0.6) is 0 Å². The molecule has 140 valence electrons. The topological polar surface area (TPSA) is 105 Å². The number of aromatic nitrogens is 1. The number of sulfonamides is 1. The maximum atomic E-state index is 12.8. The summed E-state index contributed by atoms with van der Waals surface area (Å²) in [6, 6.07) is 0.365. The molecule has 0 radical (unpaired) electrons. The standard InChI is InChI=1S/C16H26N4O4S/c1-11-15(12(2)24-19-11)25(22,23)20-8-5-13(6-9-20)16(21)18-10-14-4-3-7-17-14/h13-14,17H,3-10H2,1-2H3,(H,18,21). The van der Waals surface area contributed by atoms with E-state index < -0.39 is 10.0 Å². The fourth-order valence-electron chi connectivity index (χ4n) is 3.63. The number of hydrogen-bond donors (Lipinski definition) is 2. The van der Waals surface area contributed by atoms with Gasteiger partial charge in [-0.15, -0.1) is 0 Å². The smallest absolute Gasteiger partial charge is 0.248 e. The lowest BCUT2D eigenvalue weighted by Crippen LogP contribution is -2.45. The van der Waals surface area contributed by atoms with Gasteiger partial charge in [0.15, 0.2) is 5.76 Å². The van der Waals surface area contributed by atoms with Crippen molar-refractivity contribution >= 4 is 15.9 Å². The molecule has 1 amide bonds. The highest BCUT2D eigenvalue weighted by Gasteiger charge is 2.35. The van der Waals surface area contributed by atoms with Crippen molar-refractivity contribution in [2.24, 2.45) is 5.92 Å². The number of amides is 1. The first-order valence-corrected chi connectivity index (χ1v) is 10.3. The molecule has 1 unspecified atom stereocenters. The van der Waals surface area contributed by atoms with Crippen molar-refractivity contribution in [1.82, 2.24) is 20.1 Å². The van der Waals surface area contributed by atoms with E-state index in [9.17, 15) is 13.2 Å². The Morgan fingerprint density at radius 2 is 2.04 bits per heavy atom. The quantitative estimate of drug-likeness (QED) is 0.785. The number of aryl methyl sites for hydroxylation is 2. The van der Waals surface area contributed by atoms with Crippen LogP contribution in [0.2, 0.25) is 0 Å². The third-order valence-corrected chi connectivity index (χ3v) is 7.22. The van der Waals surface area contributed by atoms with Gasteiger partial charge in [0.25, 0.3) is 0 Å². The highest BCUT2D eigenvalue weighted by atomic mass is 32.2. The van der Waals surface area contributed by atoms with E-state index in [1.54, 1.807) is 13.8 Å². The molecular weight excluding hydrogens is 344 g/mol. The molecule has 3 heterocycles. The molecule has 1 atom stereocenters. The van der Waals surface area contributed by atoms with Gasteiger partial charge < -0.3 is 15.2 Å². The zero-order valence-electron chi connectivity index (χ0n) is 14.7. The van der Waals surface area contributed by atoms with Crippen LogP contribution in [0.25, 0.3) is 0 Å². The first kappa shape index (κ1) is 18.3. The molecule has 2 saturated heterocycles. The molecule has 1 aromatic rings. The molecule has 2 aliphatic heterocycles. The third-order valence-electron chi connectivity index (χ3n) is 5.08. The Morgan fingerprint density at radius 3 is 2.60 bits per heavy atom. The molecule has 2 fully saturated rings. The average molecular weight is 370 g/mol. The second-order valence-corrected chi connectivity index (χ2v) is 8.74. The second-order valence-electron chi connectivity index (χ2n) is 6.87. The van der Waals surface area contributed by atoms with Gasteiger partial charge in [-0.1, -0.05) is 5.16 Å². The predicted octanol–water partition coefficient (Wildman–Crippen LogP) is 0.560. The maximum absolute atomic E-state index is 12.8. The molecule has 0 spiro atoms. The van der Waals surface area contributed by atoms with E-state index in [2.05, 4.69) is 15.8 Å². The molecule has 0 aliphatic carbocycles. The zero-order valence-corrected chi connectivity index (χ0v) is 15.6. The largest absolute Gasteiger partial charge is 0.360 e. The van der Waals surface area contributed by atoms with E-state index in [0.717, 1.165) is 19.4 Å². The molecule has 0 bridgehead atoms. The van der Waals surface area contributed by atoms with Gasteiger partial charge in [-0.3, -0.25) is 4.79 Å². The lowest BCUT2D eigenvalue weighted by molar-refractivity contribution is -0.126. The van der Waals surface area contributed by atoms with Crippen LogP contribution in [-0.2, 0) is 14.8 Å². The van der Waals surface area contributed by atoms with E-state index in [1.807, 2.05) is 0 Å². The van der Waals surface area contributed by atoms with E-state index in [-0.39, 0.29) is 16.7 Å². The normalized spacial score (nSPS) is 23.0. The van der Waals surface area contributed by atoms with Gasteiger partial charge in [-0.25, -0.2) is 8.42 Å². The average Bonchev–Trinajstić information content (AvgIpc) is 3.22. The minimum Gasteiger partial charge on any atom is -0.360 e. The molecule has 2 N–H and O–H groups in total. The summed E-state index contributed by atoms with van der Waals surface area (Å²) < 4.78 is 32.0. The van der Waals surface area contributed by atoms with E-state index in [1.165, 1.54) is 4.31 Å². The predicted molar refractivity (Wildman–Crippen MR) is 91.5 cm³/mol. The second kappa shape index (κ2) is 7.43. The van der Waals surface area contributed by atoms with Crippen LogP contribution in [0, 0.1) is 19.8 Å². The molecule has 8 nitrogen and oxygen atoms in total. The zero-order chi connectivity index (χ0) is 18.0. The lowest BCUT2D eigenvalue weighted by atomic mass is 9.97. The molecule has 0 aromatic carbocycles. The summed E-state index contributed by atoms with van der Waals surface area (Å²) in [4.78, 5) is 12.5. The van der Waals surface area contributed by atoms with Crippen LogP contribution in [-0.4, -0.2) is 56.0 Å². The number of carbonyl (C=O) groups is 1. The molecule has 0 saturated carbocycles. The van der Waals surface area contributed by atoms with Crippen molar-refractivity contribution in [3.8, 4) is 0 Å². The van der Waals surface area contributed by atoms with Crippen molar-refractivity contribution < 1.29 is 17.7 Å². The molecule has 25 heavy (non-hydrogen) atoms. The minimum atomic E-state index is -3.62. The van der Waals surface area contributed by atoms with Gasteiger partial charge in [0, 0.05) is 31.6 Å². The maximum Gasteiger partial charge on any atom is 0.248 e. The molecule has 9 heteroatoms. The van der Waals surface area contributed by atoms with Crippen LogP contribution in [0.3, 0.4) is 0 Å². The van der Waals surface area contributed by atoms with Gasteiger partial charge in [-0.2, -0.15) is 4.31 Å². The Bertz CT molecular complexity index is 697. The number of hydrogen-bond acceptors (Lipinski definition) is 6. The van der Waals surface area contributed by atoms with E-state index in [0.29, 0.717) is 50.0 Å². The first-order chi connectivity index (χ1) is 11.9. The molecule has 2 aliphatic rings. The summed E-state index contributed by atoms with van der Waals surface area (Å²) in [6.07, 6.45) is 3.31. The van der Waals surface area contributed by atoms with Crippen LogP contribution >= 0.6 is 0 Å². The summed E-state index contributed by atoms with van der Waals surface area (Å²) in [7, 11) is -3.62. The van der Waals surface area contributed by atoms with Gasteiger partial charge in [0.05, 0.1) is 0 Å². The summed E-state index contributed by atoms with van der Waals surface area (Å²) >= 11 is 0. The fraction of sp³-hybridized carbons (Fsp3) is 0.750. The van der Waals surface area contributed by atoms with Gasteiger partial charge >= 0.3 is 0 Å². The fourth-order valence-corrected chi connectivity index (χ4v) is 5.39. The number of piperidine rings is 1. The summed E-state index contributed by atoms with van der Waals surface area (Å²) in [5, 5.41) is 10.1. The lowest BCUT2D eigenvalue weighted by Gasteiger charge is -2.30. The van der Waals surface area contributed by atoms with Gasteiger partial charge in [0.2, 0.25) is 15.9 Å². The molecule has 1 aromatic heterocycles. The van der Waals surface area contributed by atoms with Crippen molar-refractivity contribution in [2.45, 2.75) is 50.5 Å². The first-order valence-electron chi connectivity index (χ1n) is 8.83. The Labute approximate surface area is 148 Å². The Balaban J connectivity index is 1.55. The number of carbonyl (C=O) groups excluding carboxylic acids is 1. The van der Waals surface area contributed by atoms with Crippen LogP contribution in [0.4, 0.5) is 0 Å². The number of rotatable bonds is 5. The molecular formula is C16H26N4O4S. The Hall–Kier alpha value is -1.45.